The molecule has 1 aromatic heterocycles. The summed E-state index contributed by atoms with van der Waals surface area (Å²) >= 11 is 0.658. The summed E-state index contributed by atoms with van der Waals surface area (Å²) in [7, 11) is 0. The normalized spacial score (nSPS) is 9.33. The molecule has 2 heteroatoms. The van der Waals surface area contributed by atoms with Gasteiger partial charge in [0.1, 0.15) is 0 Å². The summed E-state index contributed by atoms with van der Waals surface area (Å²) in [6.07, 6.45) is 4.19. The summed E-state index contributed by atoms with van der Waals surface area (Å²) in [5, 5.41) is 0. The van der Waals surface area contributed by atoms with Gasteiger partial charge >= 0.3 is 50.1 Å². The van der Waals surface area contributed by atoms with Gasteiger partial charge in [0.2, 0.25) is 0 Å². The zero-order valence-corrected chi connectivity index (χ0v) is 9.46. The van der Waals surface area contributed by atoms with E-state index in [2.05, 4.69) is 27.3 Å². The van der Waals surface area contributed by atoms with Gasteiger partial charge in [-0.1, -0.05) is 0 Å². The molecule has 0 aromatic carbocycles. The van der Waals surface area contributed by atoms with Crippen molar-refractivity contribution in [3.05, 3.63) is 24.5 Å². The third-order valence-corrected chi connectivity index (χ3v) is 2.46. The third kappa shape index (κ3) is 0.772. The molecule has 0 saturated carbocycles. The van der Waals surface area contributed by atoms with Gasteiger partial charge in [-0.2, -0.15) is 0 Å². The van der Waals surface area contributed by atoms with Crippen LogP contribution in [0.1, 0.15) is 0 Å². The van der Waals surface area contributed by atoms with Crippen LogP contribution in [0.25, 0.3) is 0 Å². The Balaban J connectivity index is 3.05. The van der Waals surface area contributed by atoms with Crippen LogP contribution in [0.3, 0.4) is 0 Å². The molecule has 0 aliphatic carbocycles. The minimum absolute atomic E-state index is 0.658. The standard InChI is InChI=1S/C4H4N.Sn.3H/c1-2-4-5-3-1;;;;/h1-4H;;;;/q-1;+1;;;. The van der Waals surface area contributed by atoms with Gasteiger partial charge < -0.3 is 0 Å². The van der Waals surface area contributed by atoms with Crippen molar-refractivity contribution in [1.82, 2.24) is 2.79 Å². The average Bonchev–Trinajstić information content (AvgIpc) is 1.86. The second-order valence-electron chi connectivity index (χ2n) is 1.35. The zero-order chi connectivity index (χ0) is 4.41. The maximum atomic E-state index is 2.21. The molecule has 6 heavy (non-hydrogen) atoms. The average molecular weight is 188 g/mol. The quantitative estimate of drug-likeness (QED) is 0.488. The topological polar surface area (TPSA) is 4.93 Å². The molecule has 1 nitrogen and oxygen atoms in total. The molecule has 0 saturated heterocycles. The Morgan fingerprint density at radius 2 is 1.67 bits per heavy atom. The third-order valence-electron chi connectivity index (χ3n) is 0.754. The second kappa shape index (κ2) is 1.69. The summed E-state index contributed by atoms with van der Waals surface area (Å²) < 4.78 is 2.21. The molecule has 1 heterocycles. The van der Waals surface area contributed by atoms with Crippen molar-refractivity contribution in [3.63, 3.8) is 0 Å². The van der Waals surface area contributed by atoms with Crippen LogP contribution in [0, 0.1) is 0 Å². The molecule has 0 N–H and O–H groups in total. The Kier molecular flexibility index (Phi) is 1.19. The number of rotatable bonds is 0. The van der Waals surface area contributed by atoms with Crippen molar-refractivity contribution < 1.29 is 0 Å². The van der Waals surface area contributed by atoms with Crippen molar-refractivity contribution in [2.75, 3.05) is 0 Å². The Morgan fingerprint density at radius 1 is 1.17 bits per heavy atom. The Labute approximate surface area is 50.4 Å². The molecule has 0 unspecified atom stereocenters. The number of aromatic nitrogens is 1. The maximum absolute atomic E-state index is 2.21. The molecule has 1 aromatic rings. The number of hydrogen-bond donors (Lipinski definition) is 0. The molecule has 0 radical (unpaired) electrons. The van der Waals surface area contributed by atoms with E-state index in [4.69, 9.17) is 0 Å². The van der Waals surface area contributed by atoms with Crippen LogP contribution in [-0.4, -0.2) is 25.6 Å². The predicted molar refractivity (Wildman–Crippen MR) is 29.8 cm³/mol. The Morgan fingerprint density at radius 3 is 1.83 bits per heavy atom. The zero-order valence-electron chi connectivity index (χ0n) is 3.76. The van der Waals surface area contributed by atoms with Crippen LogP contribution in [0.2, 0.25) is 0 Å². The van der Waals surface area contributed by atoms with Crippen molar-refractivity contribution in [2.45, 2.75) is 0 Å². The summed E-state index contributed by atoms with van der Waals surface area (Å²) in [6, 6.07) is 4.11. The summed E-state index contributed by atoms with van der Waals surface area (Å²) in [6.45, 7) is 0. The fourth-order valence-corrected chi connectivity index (χ4v) is 1.40. The van der Waals surface area contributed by atoms with Crippen LogP contribution < -0.4 is 0 Å². The molecule has 0 spiro atoms. The molecule has 1 rings (SSSR count). The molecular weight excluding hydrogens is 181 g/mol. The second-order valence-corrected chi connectivity index (χ2v) is 4.30. The predicted octanol–water partition coefficient (Wildman–Crippen LogP) is -0.383. The fourth-order valence-electron chi connectivity index (χ4n) is 0.421. The molecule has 0 amide bonds. The first-order valence-corrected chi connectivity index (χ1v) is 4.52. The van der Waals surface area contributed by atoms with E-state index in [1.54, 1.807) is 0 Å². The van der Waals surface area contributed by atoms with Crippen LogP contribution in [0.4, 0.5) is 0 Å². The van der Waals surface area contributed by atoms with Gasteiger partial charge in [-0.25, -0.2) is 0 Å². The molecule has 0 aliphatic heterocycles. The Bertz CT molecular complexity index is 111. The minimum atomic E-state index is 0.658. The van der Waals surface area contributed by atoms with Gasteiger partial charge in [0.25, 0.3) is 0 Å². The Hall–Kier alpha value is 0.0787. The molecule has 0 aliphatic rings. The van der Waals surface area contributed by atoms with Gasteiger partial charge in [-0.3, -0.25) is 0 Å². The summed E-state index contributed by atoms with van der Waals surface area (Å²) in [5.41, 5.74) is 0. The summed E-state index contributed by atoms with van der Waals surface area (Å²) in [5.74, 6) is 0. The van der Waals surface area contributed by atoms with Crippen molar-refractivity contribution in [1.29, 1.82) is 0 Å². The van der Waals surface area contributed by atoms with E-state index in [-0.39, 0.29) is 0 Å². The van der Waals surface area contributed by atoms with Gasteiger partial charge in [0.15, 0.2) is 0 Å². The number of nitrogens with zero attached hydrogens (tertiary/aromatic N) is 1. The molecule has 0 bridgehead atoms. The van der Waals surface area contributed by atoms with Gasteiger partial charge in [0.05, 0.1) is 0 Å². The van der Waals surface area contributed by atoms with Crippen molar-refractivity contribution in [3.8, 4) is 0 Å². The van der Waals surface area contributed by atoms with E-state index >= 15 is 0 Å². The monoisotopic (exact) mass is 189 g/mol. The SMILES string of the molecule is [SnH3][n]1cccc1. The van der Waals surface area contributed by atoms with Crippen molar-refractivity contribution in [2.24, 2.45) is 0 Å². The number of hydrogen-bond acceptors (Lipinski definition) is 0. The van der Waals surface area contributed by atoms with E-state index in [9.17, 15) is 0 Å². The van der Waals surface area contributed by atoms with Gasteiger partial charge in [-0.15, -0.1) is 0 Å². The van der Waals surface area contributed by atoms with E-state index in [1.807, 2.05) is 0 Å². The fraction of sp³-hybridized carbons (Fsp3) is 0. The first-order chi connectivity index (χ1) is 2.89. The summed E-state index contributed by atoms with van der Waals surface area (Å²) in [4.78, 5) is 0. The van der Waals surface area contributed by atoms with Crippen LogP contribution in [0.5, 0.6) is 0 Å². The molecule has 32 valence electrons. The van der Waals surface area contributed by atoms with E-state index in [1.165, 1.54) is 0 Å². The molecular formula is C4H7NSn. The van der Waals surface area contributed by atoms with Crippen LogP contribution >= 0.6 is 0 Å². The first-order valence-electron chi connectivity index (χ1n) is 1.96. The van der Waals surface area contributed by atoms with E-state index in [0.29, 0.717) is 22.8 Å². The van der Waals surface area contributed by atoms with E-state index in [0.717, 1.165) is 0 Å². The first kappa shape index (κ1) is 4.24. The van der Waals surface area contributed by atoms with Crippen LogP contribution in [-0.2, 0) is 0 Å². The van der Waals surface area contributed by atoms with Gasteiger partial charge in [0, 0.05) is 0 Å². The van der Waals surface area contributed by atoms with E-state index < -0.39 is 0 Å². The molecule has 0 atom stereocenters. The van der Waals surface area contributed by atoms with Gasteiger partial charge in [-0.05, 0) is 0 Å². The van der Waals surface area contributed by atoms with Crippen molar-refractivity contribution >= 4 is 22.8 Å². The molecule has 0 fully saturated rings. The van der Waals surface area contributed by atoms with Crippen LogP contribution in [0.15, 0.2) is 24.5 Å².